The lowest BCUT2D eigenvalue weighted by Gasteiger charge is -2.12. The maximum absolute atomic E-state index is 13.8. The van der Waals surface area contributed by atoms with Gasteiger partial charge in [0.05, 0.1) is 14.2 Å². The van der Waals surface area contributed by atoms with Gasteiger partial charge in [-0.2, -0.15) is 0 Å². The molecule has 1 aliphatic rings. The number of halogens is 3. The molecule has 8 heteroatoms. The van der Waals surface area contributed by atoms with Crippen molar-refractivity contribution in [1.82, 2.24) is 4.90 Å². The predicted octanol–water partition coefficient (Wildman–Crippen LogP) is 6.77. The number of ether oxygens (including phenoxy) is 1. The average Bonchev–Trinajstić information content (AvgIpc) is 3.09. The zero-order chi connectivity index (χ0) is 23.4. The molecule has 3 aromatic rings. The van der Waals surface area contributed by atoms with Crippen LogP contribution in [0, 0.1) is 15.2 Å². The van der Waals surface area contributed by atoms with Crippen molar-refractivity contribution in [2.45, 2.75) is 13.5 Å². The highest BCUT2D eigenvalue weighted by Gasteiger charge is 2.32. The summed E-state index contributed by atoms with van der Waals surface area (Å²) in [4.78, 5) is 19.5. The molecule has 1 saturated heterocycles. The molecule has 33 heavy (non-hydrogen) atoms. The number of rotatable bonds is 6. The first-order chi connectivity index (χ1) is 15.9. The third-order valence-electron chi connectivity index (χ3n) is 4.85. The molecule has 1 aliphatic heterocycles. The van der Waals surface area contributed by atoms with Crippen molar-refractivity contribution in [1.29, 1.82) is 0 Å². The third kappa shape index (κ3) is 5.62. The van der Waals surface area contributed by atoms with Crippen molar-refractivity contribution in [3.05, 3.63) is 98.0 Å². The molecule has 1 fully saturated rings. The summed E-state index contributed by atoms with van der Waals surface area (Å²) in [6, 6.07) is 17.9. The Morgan fingerprint density at radius 1 is 1.09 bits per heavy atom. The summed E-state index contributed by atoms with van der Waals surface area (Å²) in [5.41, 5.74) is 1.91. The molecule has 4 rings (SSSR count). The molecule has 0 bridgehead atoms. The van der Waals surface area contributed by atoms with Gasteiger partial charge in [0.2, 0.25) is 0 Å². The van der Waals surface area contributed by atoms with E-state index >= 15 is 0 Å². The van der Waals surface area contributed by atoms with E-state index in [0.717, 1.165) is 9.13 Å². The topological polar surface area (TPSA) is 41.9 Å². The number of benzene rings is 3. The first-order valence-corrected chi connectivity index (χ1v) is 12.1. The van der Waals surface area contributed by atoms with Gasteiger partial charge in [-0.15, -0.1) is 0 Å². The summed E-state index contributed by atoms with van der Waals surface area (Å²) in [7, 11) is 0. The van der Waals surface area contributed by atoms with Gasteiger partial charge in [0.1, 0.15) is 24.0 Å². The van der Waals surface area contributed by atoms with Crippen LogP contribution in [0.3, 0.4) is 0 Å². The molecule has 0 N–H and O–H groups in total. The van der Waals surface area contributed by atoms with Crippen LogP contribution >= 0.6 is 34.4 Å². The number of hydrogen-bond acceptors (Lipinski definition) is 4. The molecule has 168 valence electrons. The number of nitrogens with zero attached hydrogens (tertiary/aromatic N) is 2. The van der Waals surface area contributed by atoms with E-state index in [2.05, 4.69) is 27.6 Å². The van der Waals surface area contributed by atoms with Crippen molar-refractivity contribution < 1.29 is 18.3 Å². The van der Waals surface area contributed by atoms with E-state index in [1.54, 1.807) is 35.2 Å². The van der Waals surface area contributed by atoms with Crippen molar-refractivity contribution in [3.8, 4) is 5.75 Å². The monoisotopic (exact) mass is 576 g/mol. The van der Waals surface area contributed by atoms with Crippen molar-refractivity contribution in [2.24, 2.45) is 4.99 Å². The third-order valence-corrected chi connectivity index (χ3v) is 6.70. The van der Waals surface area contributed by atoms with E-state index in [0.29, 0.717) is 33.6 Å². The molecule has 3 aromatic carbocycles. The molecule has 4 nitrogen and oxygen atoms in total. The normalized spacial score (nSPS) is 16.1. The predicted molar refractivity (Wildman–Crippen MR) is 136 cm³/mol. The molecule has 0 aliphatic carbocycles. The van der Waals surface area contributed by atoms with E-state index in [4.69, 9.17) is 4.74 Å². The number of aliphatic imine (C=N–C) groups is 1. The van der Waals surface area contributed by atoms with Crippen LogP contribution in [-0.4, -0.2) is 22.5 Å². The molecular formula is C25H19F2IN2O2S. The van der Waals surface area contributed by atoms with Gasteiger partial charge in [-0.1, -0.05) is 24.3 Å². The minimum Gasteiger partial charge on any atom is -0.488 e. The highest BCUT2D eigenvalue weighted by Crippen LogP contribution is 2.35. The van der Waals surface area contributed by atoms with Gasteiger partial charge >= 0.3 is 0 Å². The molecule has 0 unspecified atom stereocenters. The Balaban J connectivity index is 1.52. The quantitative estimate of drug-likeness (QED) is 0.240. The number of amides is 1. The van der Waals surface area contributed by atoms with E-state index in [-0.39, 0.29) is 24.1 Å². The van der Waals surface area contributed by atoms with Crippen LogP contribution < -0.4 is 4.74 Å². The first-order valence-electron chi connectivity index (χ1n) is 10.2. The van der Waals surface area contributed by atoms with Crippen LogP contribution in [-0.2, 0) is 11.4 Å². The number of amidine groups is 1. The molecule has 1 heterocycles. The summed E-state index contributed by atoms with van der Waals surface area (Å²) in [6.07, 6.45) is 1.81. The standard InChI is InChI=1S/C25H19F2IN2O2S/c1-2-30-24(31)23(33-25(30)29-19-10-8-18(26)9-11-19)14-16-7-12-22(21(28)13-16)32-15-17-5-3-4-6-20(17)27/h3-14H,2,15H2,1H3/b23-14+,29-25?. The Hall–Kier alpha value is -2.72. The fraction of sp³-hybridized carbons (Fsp3) is 0.120. The number of carbonyl (C=O) groups is 1. The Morgan fingerprint density at radius 3 is 2.55 bits per heavy atom. The van der Waals surface area contributed by atoms with Gasteiger partial charge in [-0.25, -0.2) is 13.8 Å². The fourth-order valence-corrected chi connectivity index (χ4v) is 4.90. The van der Waals surface area contributed by atoms with Crippen molar-refractivity contribution >= 4 is 57.2 Å². The highest BCUT2D eigenvalue weighted by atomic mass is 127. The lowest BCUT2D eigenvalue weighted by Crippen LogP contribution is -2.28. The van der Waals surface area contributed by atoms with E-state index in [9.17, 15) is 13.6 Å². The Bertz CT molecular complexity index is 1250. The number of hydrogen-bond donors (Lipinski definition) is 0. The number of likely N-dealkylation sites (N-methyl/N-ethyl adjacent to an activating group) is 1. The Labute approximate surface area is 208 Å². The summed E-state index contributed by atoms with van der Waals surface area (Å²) in [5, 5.41) is 0.555. The van der Waals surface area contributed by atoms with E-state index < -0.39 is 0 Å². The van der Waals surface area contributed by atoms with Crippen molar-refractivity contribution in [3.63, 3.8) is 0 Å². The second-order valence-electron chi connectivity index (χ2n) is 7.10. The lowest BCUT2D eigenvalue weighted by atomic mass is 10.2. The molecular weight excluding hydrogens is 557 g/mol. The zero-order valence-corrected chi connectivity index (χ0v) is 20.6. The van der Waals surface area contributed by atoms with Gasteiger partial charge in [0.15, 0.2) is 5.17 Å². The van der Waals surface area contributed by atoms with Gasteiger partial charge in [0, 0.05) is 12.1 Å². The van der Waals surface area contributed by atoms with Crippen LogP contribution in [0.1, 0.15) is 18.1 Å². The number of carbonyl (C=O) groups excluding carboxylic acids is 1. The first kappa shape index (κ1) is 23.4. The summed E-state index contributed by atoms with van der Waals surface area (Å²) in [5.74, 6) is -0.124. The molecule has 0 atom stereocenters. The Morgan fingerprint density at radius 2 is 1.85 bits per heavy atom. The molecule has 1 amide bonds. The minimum absolute atomic E-state index is 0.127. The van der Waals surface area contributed by atoms with E-state index in [1.165, 1.54) is 30.0 Å². The smallest absolute Gasteiger partial charge is 0.266 e. The molecule has 0 spiro atoms. The van der Waals surface area contributed by atoms with Gasteiger partial charge in [0.25, 0.3) is 5.91 Å². The zero-order valence-electron chi connectivity index (χ0n) is 17.6. The molecule has 0 radical (unpaired) electrons. The van der Waals surface area contributed by atoms with Crippen molar-refractivity contribution in [2.75, 3.05) is 6.54 Å². The Kier molecular flexibility index (Phi) is 7.44. The summed E-state index contributed by atoms with van der Waals surface area (Å²) >= 11 is 3.44. The average molecular weight is 576 g/mol. The van der Waals surface area contributed by atoms with E-state index in [1.807, 2.05) is 31.2 Å². The second-order valence-corrected chi connectivity index (χ2v) is 9.27. The van der Waals surface area contributed by atoms with Crippen LogP contribution in [0.4, 0.5) is 14.5 Å². The maximum Gasteiger partial charge on any atom is 0.266 e. The summed E-state index contributed by atoms with van der Waals surface area (Å²) in [6.45, 7) is 2.49. The summed E-state index contributed by atoms with van der Waals surface area (Å²) < 4.78 is 33.6. The number of thioether (sulfide) groups is 1. The maximum atomic E-state index is 13.8. The van der Waals surface area contributed by atoms with Gasteiger partial charge in [-0.05, 0) is 95.4 Å². The second kappa shape index (κ2) is 10.5. The SMILES string of the molecule is CCN1C(=O)/C(=C\c2ccc(OCc3ccccc3F)c(I)c2)SC1=Nc1ccc(F)cc1. The van der Waals surface area contributed by atoms with Gasteiger partial charge in [-0.3, -0.25) is 9.69 Å². The minimum atomic E-state index is -0.335. The van der Waals surface area contributed by atoms with Crippen LogP contribution in [0.5, 0.6) is 5.75 Å². The molecule has 0 saturated carbocycles. The molecule has 0 aromatic heterocycles. The van der Waals surface area contributed by atoms with Crippen LogP contribution in [0.2, 0.25) is 0 Å². The van der Waals surface area contributed by atoms with Gasteiger partial charge < -0.3 is 4.74 Å². The largest absolute Gasteiger partial charge is 0.488 e. The van der Waals surface area contributed by atoms with Crippen LogP contribution in [0.25, 0.3) is 6.08 Å². The van der Waals surface area contributed by atoms with Crippen LogP contribution in [0.15, 0.2) is 76.6 Å². The lowest BCUT2D eigenvalue weighted by molar-refractivity contribution is -0.122. The fourth-order valence-electron chi connectivity index (χ4n) is 3.14. The highest BCUT2D eigenvalue weighted by molar-refractivity contribution is 14.1.